The van der Waals surface area contributed by atoms with Crippen molar-refractivity contribution in [2.24, 2.45) is 0 Å². The Hall–Kier alpha value is -3.52. The zero-order valence-corrected chi connectivity index (χ0v) is 16.9. The first-order valence-corrected chi connectivity index (χ1v) is 9.76. The number of fused-ring (bicyclic) bond motifs is 1. The maximum atomic E-state index is 12.7. The van der Waals surface area contributed by atoms with E-state index in [1.807, 2.05) is 0 Å². The standard InChI is InChI=1S/C22H23N3O5/c1-3-24(4-2)13-12-23-22(27)18-7-5-6-17-19(26)14-20(30-21(17)18)15-8-10-16(11-9-15)25(28)29/h5-11,14H,3-4,12-13H2,1-2H3,(H,23,27). The molecule has 0 saturated carbocycles. The maximum Gasteiger partial charge on any atom is 0.269 e. The predicted molar refractivity (Wildman–Crippen MR) is 115 cm³/mol. The van der Waals surface area contributed by atoms with Crippen molar-refractivity contribution in [1.82, 2.24) is 10.2 Å². The molecule has 8 heteroatoms. The molecule has 0 aliphatic carbocycles. The Morgan fingerprint density at radius 1 is 1.13 bits per heavy atom. The molecule has 1 heterocycles. The minimum atomic E-state index is -0.499. The summed E-state index contributed by atoms with van der Waals surface area (Å²) in [4.78, 5) is 37.9. The highest BCUT2D eigenvalue weighted by atomic mass is 16.6. The van der Waals surface area contributed by atoms with Crippen LogP contribution in [0.1, 0.15) is 24.2 Å². The SMILES string of the molecule is CCN(CC)CCNC(=O)c1cccc2c(=O)cc(-c3ccc([N+](=O)[O-])cc3)oc12. The first-order chi connectivity index (χ1) is 14.4. The smallest absolute Gasteiger partial charge is 0.269 e. The molecular weight excluding hydrogens is 386 g/mol. The highest BCUT2D eigenvalue weighted by Gasteiger charge is 2.16. The Kier molecular flexibility index (Phi) is 6.58. The van der Waals surface area contributed by atoms with Crippen LogP contribution in [-0.4, -0.2) is 41.9 Å². The fourth-order valence-corrected chi connectivity index (χ4v) is 3.21. The fraction of sp³-hybridized carbons (Fsp3) is 0.273. The van der Waals surface area contributed by atoms with Crippen LogP contribution in [-0.2, 0) is 0 Å². The lowest BCUT2D eigenvalue weighted by atomic mass is 10.1. The quantitative estimate of drug-likeness (QED) is 0.451. The number of carbonyl (C=O) groups is 1. The number of rotatable bonds is 8. The molecule has 0 aliphatic rings. The lowest BCUT2D eigenvalue weighted by Gasteiger charge is -2.18. The molecule has 0 unspecified atom stereocenters. The summed E-state index contributed by atoms with van der Waals surface area (Å²) in [6, 6.07) is 11.9. The number of nitro groups is 1. The van der Waals surface area contributed by atoms with Crippen molar-refractivity contribution < 1.29 is 14.1 Å². The van der Waals surface area contributed by atoms with Gasteiger partial charge in [0.05, 0.1) is 15.9 Å². The van der Waals surface area contributed by atoms with E-state index in [1.54, 1.807) is 18.2 Å². The van der Waals surface area contributed by atoms with E-state index < -0.39 is 4.92 Å². The third kappa shape index (κ3) is 4.55. The van der Waals surface area contributed by atoms with Crippen LogP contribution in [0, 0.1) is 10.1 Å². The summed E-state index contributed by atoms with van der Waals surface area (Å²) in [5, 5.41) is 14.0. The van der Waals surface area contributed by atoms with Crippen LogP contribution in [0.5, 0.6) is 0 Å². The van der Waals surface area contributed by atoms with Crippen LogP contribution in [0.4, 0.5) is 5.69 Å². The number of carbonyl (C=O) groups excluding carboxylic acids is 1. The molecule has 2 aromatic carbocycles. The normalized spacial score (nSPS) is 11.0. The molecule has 3 rings (SSSR count). The fourth-order valence-electron chi connectivity index (χ4n) is 3.21. The number of hydrogen-bond acceptors (Lipinski definition) is 6. The third-order valence-corrected chi connectivity index (χ3v) is 4.97. The number of hydrogen-bond donors (Lipinski definition) is 1. The Labute approximate surface area is 173 Å². The summed E-state index contributed by atoms with van der Waals surface area (Å²) < 4.78 is 5.91. The molecule has 0 fully saturated rings. The topological polar surface area (TPSA) is 106 Å². The van der Waals surface area contributed by atoms with E-state index in [4.69, 9.17) is 4.42 Å². The highest BCUT2D eigenvalue weighted by molar-refractivity contribution is 6.04. The first-order valence-electron chi connectivity index (χ1n) is 9.76. The second-order valence-electron chi connectivity index (χ2n) is 6.74. The molecule has 0 radical (unpaired) electrons. The van der Waals surface area contributed by atoms with E-state index in [2.05, 4.69) is 24.1 Å². The summed E-state index contributed by atoms with van der Waals surface area (Å²) in [6.07, 6.45) is 0. The second kappa shape index (κ2) is 9.32. The second-order valence-corrected chi connectivity index (χ2v) is 6.74. The number of nitrogens with one attached hydrogen (secondary N) is 1. The monoisotopic (exact) mass is 409 g/mol. The van der Waals surface area contributed by atoms with Gasteiger partial charge in [0.15, 0.2) is 11.0 Å². The van der Waals surface area contributed by atoms with Crippen molar-refractivity contribution in [3.05, 3.63) is 74.4 Å². The van der Waals surface area contributed by atoms with E-state index in [0.717, 1.165) is 19.6 Å². The van der Waals surface area contributed by atoms with Crippen molar-refractivity contribution in [2.75, 3.05) is 26.2 Å². The molecule has 30 heavy (non-hydrogen) atoms. The van der Waals surface area contributed by atoms with Gasteiger partial charge in [0, 0.05) is 36.9 Å². The molecule has 156 valence electrons. The molecule has 8 nitrogen and oxygen atoms in total. The van der Waals surface area contributed by atoms with Crippen LogP contribution in [0.2, 0.25) is 0 Å². The zero-order valence-electron chi connectivity index (χ0n) is 16.9. The van der Waals surface area contributed by atoms with Crippen molar-refractivity contribution in [3.63, 3.8) is 0 Å². The highest BCUT2D eigenvalue weighted by Crippen LogP contribution is 2.26. The molecule has 0 atom stereocenters. The average Bonchev–Trinajstić information content (AvgIpc) is 2.76. The third-order valence-electron chi connectivity index (χ3n) is 4.97. The van der Waals surface area contributed by atoms with Crippen LogP contribution in [0.15, 0.2) is 57.7 Å². The summed E-state index contributed by atoms with van der Waals surface area (Å²) in [6.45, 7) is 7.11. The van der Waals surface area contributed by atoms with Gasteiger partial charge in [0.2, 0.25) is 0 Å². The van der Waals surface area contributed by atoms with Gasteiger partial charge in [0.1, 0.15) is 5.76 Å². The van der Waals surface area contributed by atoms with Gasteiger partial charge in [-0.05, 0) is 37.4 Å². The van der Waals surface area contributed by atoms with E-state index in [1.165, 1.54) is 30.3 Å². The molecule has 1 N–H and O–H groups in total. The van der Waals surface area contributed by atoms with Gasteiger partial charge < -0.3 is 14.6 Å². The number of non-ortho nitro benzene ring substituents is 1. The molecule has 0 bridgehead atoms. The van der Waals surface area contributed by atoms with Gasteiger partial charge >= 0.3 is 0 Å². The van der Waals surface area contributed by atoms with Gasteiger partial charge in [-0.1, -0.05) is 19.9 Å². The minimum Gasteiger partial charge on any atom is -0.455 e. The summed E-state index contributed by atoms with van der Waals surface area (Å²) >= 11 is 0. The first kappa shape index (κ1) is 21.2. The lowest BCUT2D eigenvalue weighted by molar-refractivity contribution is -0.384. The van der Waals surface area contributed by atoms with E-state index >= 15 is 0 Å². The summed E-state index contributed by atoms with van der Waals surface area (Å²) in [5.74, 6) is -0.0810. The van der Waals surface area contributed by atoms with Crippen LogP contribution >= 0.6 is 0 Å². The van der Waals surface area contributed by atoms with E-state index in [9.17, 15) is 19.7 Å². The Morgan fingerprint density at radius 2 is 1.83 bits per heavy atom. The van der Waals surface area contributed by atoms with Gasteiger partial charge in [-0.3, -0.25) is 19.7 Å². The van der Waals surface area contributed by atoms with Gasteiger partial charge in [-0.25, -0.2) is 0 Å². The molecule has 0 spiro atoms. The Balaban J connectivity index is 1.93. The Bertz CT molecular complexity index is 1120. The Morgan fingerprint density at radius 3 is 2.47 bits per heavy atom. The number of benzene rings is 2. The number of amides is 1. The molecule has 0 saturated heterocycles. The maximum absolute atomic E-state index is 12.7. The zero-order chi connectivity index (χ0) is 21.7. The molecule has 1 aromatic heterocycles. The van der Waals surface area contributed by atoms with Crippen LogP contribution < -0.4 is 10.7 Å². The lowest BCUT2D eigenvalue weighted by Crippen LogP contribution is -2.34. The van der Waals surface area contributed by atoms with Gasteiger partial charge in [-0.2, -0.15) is 0 Å². The van der Waals surface area contributed by atoms with Crippen LogP contribution in [0.3, 0.4) is 0 Å². The van der Waals surface area contributed by atoms with Crippen LogP contribution in [0.25, 0.3) is 22.3 Å². The number of para-hydroxylation sites is 1. The van der Waals surface area contributed by atoms with Crippen molar-refractivity contribution in [3.8, 4) is 11.3 Å². The predicted octanol–water partition coefficient (Wildman–Crippen LogP) is 3.44. The van der Waals surface area contributed by atoms with Gasteiger partial charge in [-0.15, -0.1) is 0 Å². The molecular formula is C22H23N3O5. The number of nitro benzene ring substituents is 1. The minimum absolute atomic E-state index is 0.0600. The largest absolute Gasteiger partial charge is 0.455 e. The molecule has 0 aliphatic heterocycles. The van der Waals surface area contributed by atoms with Crippen molar-refractivity contribution in [2.45, 2.75) is 13.8 Å². The average molecular weight is 409 g/mol. The molecule has 3 aromatic rings. The number of nitrogens with zero attached hydrogens (tertiary/aromatic N) is 2. The summed E-state index contributed by atoms with van der Waals surface area (Å²) in [7, 11) is 0. The number of likely N-dealkylation sites (N-methyl/N-ethyl adjacent to an activating group) is 1. The van der Waals surface area contributed by atoms with Gasteiger partial charge in [0.25, 0.3) is 11.6 Å². The van der Waals surface area contributed by atoms with E-state index in [0.29, 0.717) is 17.5 Å². The summed E-state index contributed by atoms with van der Waals surface area (Å²) in [5.41, 5.74) is 0.625. The van der Waals surface area contributed by atoms with Crippen molar-refractivity contribution >= 4 is 22.6 Å². The van der Waals surface area contributed by atoms with Crippen molar-refractivity contribution in [1.29, 1.82) is 0 Å². The van der Waals surface area contributed by atoms with E-state index in [-0.39, 0.29) is 33.9 Å². The molecule has 1 amide bonds.